The largest absolute Gasteiger partial charge is 0.461 e. The minimum Gasteiger partial charge on any atom is -0.461 e. The Morgan fingerprint density at radius 1 is 1.27 bits per heavy atom. The maximum atomic E-state index is 12.5. The molecule has 2 rings (SSSR count). The van der Waals surface area contributed by atoms with Crippen molar-refractivity contribution in [2.24, 2.45) is 0 Å². The van der Waals surface area contributed by atoms with Crippen LogP contribution in [0, 0.1) is 11.3 Å². The van der Waals surface area contributed by atoms with Gasteiger partial charge in [0.05, 0.1) is 23.2 Å². The number of hydrogen-bond donors (Lipinski definition) is 1. The van der Waals surface area contributed by atoms with Crippen molar-refractivity contribution in [2.45, 2.75) is 17.2 Å². The molecule has 0 saturated carbocycles. The Kier molecular flexibility index (Phi) is 7.05. The highest BCUT2D eigenvalue weighted by Gasteiger charge is 2.18. The summed E-state index contributed by atoms with van der Waals surface area (Å²) in [6, 6.07) is 11.2. The first-order chi connectivity index (χ1) is 12.5. The molecule has 6 nitrogen and oxygen atoms in total. The molecule has 0 aliphatic carbocycles. The van der Waals surface area contributed by atoms with Crippen LogP contribution in [0.15, 0.2) is 47.6 Å². The number of alkyl halides is 2. The fourth-order valence-electron chi connectivity index (χ4n) is 1.94. The number of aromatic nitrogens is 1. The Morgan fingerprint density at radius 2 is 2.04 bits per heavy atom. The van der Waals surface area contributed by atoms with E-state index in [4.69, 9.17) is 10.00 Å². The molecule has 2 aromatic rings. The molecule has 26 heavy (non-hydrogen) atoms. The molecule has 9 heteroatoms. The van der Waals surface area contributed by atoms with Crippen molar-refractivity contribution in [3.8, 4) is 6.07 Å². The van der Waals surface area contributed by atoms with E-state index >= 15 is 0 Å². The molecule has 1 aromatic heterocycles. The standard InChI is InChI=1S/C17H13F2N3O3S/c18-17(19)26-15-12(5-3-8-21-15)16(24)25-9-7-14(23)22-13-6-2-1-4-11(13)10-20/h1-6,8,17H,7,9H2,(H,22,23). The SMILES string of the molecule is N#Cc1ccccc1NC(=O)CCOC(=O)c1cccnc1SC(F)F. The van der Waals surface area contributed by atoms with Crippen molar-refractivity contribution in [3.05, 3.63) is 53.7 Å². The van der Waals surface area contributed by atoms with Gasteiger partial charge in [-0.3, -0.25) is 4.79 Å². The van der Waals surface area contributed by atoms with Gasteiger partial charge in [0, 0.05) is 6.20 Å². The number of hydrogen-bond acceptors (Lipinski definition) is 6. The first kappa shape index (κ1) is 19.3. The van der Waals surface area contributed by atoms with Gasteiger partial charge in [-0.25, -0.2) is 9.78 Å². The minimum absolute atomic E-state index is 0.0898. The number of carbonyl (C=O) groups is 2. The number of benzene rings is 1. The molecule has 0 fully saturated rings. The van der Waals surface area contributed by atoms with Crippen molar-refractivity contribution in [3.63, 3.8) is 0 Å². The Hall–Kier alpha value is -2.99. The zero-order chi connectivity index (χ0) is 18.9. The van der Waals surface area contributed by atoms with E-state index in [9.17, 15) is 18.4 Å². The molecule has 0 saturated heterocycles. The van der Waals surface area contributed by atoms with Gasteiger partial charge in [0.1, 0.15) is 17.7 Å². The number of nitrogens with zero attached hydrogens (tertiary/aromatic N) is 2. The number of para-hydroxylation sites is 1. The number of carbonyl (C=O) groups excluding carboxylic acids is 2. The molecule has 1 aromatic carbocycles. The third-order valence-electron chi connectivity index (χ3n) is 3.08. The third-order valence-corrected chi connectivity index (χ3v) is 3.80. The highest BCUT2D eigenvalue weighted by molar-refractivity contribution is 7.99. The lowest BCUT2D eigenvalue weighted by molar-refractivity contribution is -0.116. The Bertz CT molecular complexity index is 840. The summed E-state index contributed by atoms with van der Waals surface area (Å²) in [6.07, 6.45) is 1.14. The minimum atomic E-state index is -2.72. The van der Waals surface area contributed by atoms with Gasteiger partial charge in [0.2, 0.25) is 5.91 Å². The highest BCUT2D eigenvalue weighted by Crippen LogP contribution is 2.26. The molecule has 0 atom stereocenters. The van der Waals surface area contributed by atoms with Gasteiger partial charge in [-0.2, -0.15) is 14.0 Å². The van der Waals surface area contributed by atoms with Crippen molar-refractivity contribution in [2.75, 3.05) is 11.9 Å². The Labute approximate surface area is 152 Å². The molecule has 1 N–H and O–H groups in total. The van der Waals surface area contributed by atoms with E-state index in [1.54, 1.807) is 24.3 Å². The Morgan fingerprint density at radius 3 is 2.77 bits per heavy atom. The van der Waals surface area contributed by atoms with Gasteiger partial charge < -0.3 is 10.1 Å². The van der Waals surface area contributed by atoms with E-state index in [0.29, 0.717) is 11.3 Å². The van der Waals surface area contributed by atoms with Crippen LogP contribution in [0.1, 0.15) is 22.3 Å². The van der Waals surface area contributed by atoms with E-state index in [2.05, 4.69) is 10.3 Å². The number of ether oxygens (including phenoxy) is 1. The molecule has 1 heterocycles. The molecule has 0 aliphatic heterocycles. The molecule has 0 aliphatic rings. The second-order valence-electron chi connectivity index (χ2n) is 4.83. The number of amides is 1. The van der Waals surface area contributed by atoms with Gasteiger partial charge in [0.25, 0.3) is 5.76 Å². The van der Waals surface area contributed by atoms with Gasteiger partial charge >= 0.3 is 5.97 Å². The molecule has 134 valence electrons. The van der Waals surface area contributed by atoms with E-state index < -0.39 is 17.6 Å². The van der Waals surface area contributed by atoms with Crippen molar-refractivity contribution < 1.29 is 23.1 Å². The lowest BCUT2D eigenvalue weighted by Gasteiger charge is -2.09. The number of nitrogens with one attached hydrogen (secondary N) is 1. The van der Waals surface area contributed by atoms with Crippen molar-refractivity contribution in [1.29, 1.82) is 5.26 Å². The van der Waals surface area contributed by atoms with E-state index in [-0.39, 0.29) is 35.4 Å². The lowest BCUT2D eigenvalue weighted by atomic mass is 10.2. The van der Waals surface area contributed by atoms with Crippen LogP contribution in [-0.2, 0) is 9.53 Å². The number of esters is 1. The number of thioether (sulfide) groups is 1. The number of nitriles is 1. The van der Waals surface area contributed by atoms with Crippen LogP contribution >= 0.6 is 11.8 Å². The summed E-state index contributed by atoms with van der Waals surface area (Å²) >= 11 is 0.144. The predicted octanol–water partition coefficient (Wildman–Crippen LogP) is 3.45. The lowest BCUT2D eigenvalue weighted by Crippen LogP contribution is -2.17. The number of halogens is 2. The quantitative estimate of drug-likeness (QED) is 0.587. The molecule has 0 spiro atoms. The average Bonchev–Trinajstić information content (AvgIpc) is 2.62. The van der Waals surface area contributed by atoms with Gasteiger partial charge in [0.15, 0.2) is 0 Å². The number of rotatable bonds is 7. The maximum absolute atomic E-state index is 12.5. The number of anilines is 1. The first-order valence-electron chi connectivity index (χ1n) is 7.37. The summed E-state index contributed by atoms with van der Waals surface area (Å²) in [5, 5.41) is 11.4. The zero-order valence-electron chi connectivity index (χ0n) is 13.3. The number of pyridine rings is 1. The fourth-order valence-corrected chi connectivity index (χ4v) is 2.51. The summed E-state index contributed by atoms with van der Waals surface area (Å²) in [7, 11) is 0. The van der Waals surface area contributed by atoms with Crippen LogP contribution in [0.4, 0.5) is 14.5 Å². The molecular weight excluding hydrogens is 364 g/mol. The van der Waals surface area contributed by atoms with Crippen molar-refractivity contribution >= 4 is 29.3 Å². The second kappa shape index (κ2) is 9.48. The van der Waals surface area contributed by atoms with Crippen LogP contribution in [0.5, 0.6) is 0 Å². The summed E-state index contributed by atoms with van der Waals surface area (Å²) in [5.74, 6) is -4.01. The van der Waals surface area contributed by atoms with Crippen LogP contribution in [0.25, 0.3) is 0 Å². The van der Waals surface area contributed by atoms with Gasteiger partial charge in [-0.15, -0.1) is 0 Å². The second-order valence-corrected chi connectivity index (χ2v) is 5.80. The zero-order valence-corrected chi connectivity index (χ0v) is 14.1. The van der Waals surface area contributed by atoms with Crippen LogP contribution in [0.2, 0.25) is 0 Å². The summed E-state index contributed by atoms with van der Waals surface area (Å²) in [6.45, 7) is -0.243. The van der Waals surface area contributed by atoms with Crippen LogP contribution in [-0.4, -0.2) is 29.2 Å². The van der Waals surface area contributed by atoms with Crippen LogP contribution < -0.4 is 5.32 Å². The maximum Gasteiger partial charge on any atom is 0.340 e. The fraction of sp³-hybridized carbons (Fsp3) is 0.176. The molecule has 0 unspecified atom stereocenters. The predicted molar refractivity (Wildman–Crippen MR) is 90.8 cm³/mol. The first-order valence-corrected chi connectivity index (χ1v) is 8.25. The summed E-state index contributed by atoms with van der Waals surface area (Å²) < 4.78 is 29.9. The van der Waals surface area contributed by atoms with Crippen LogP contribution in [0.3, 0.4) is 0 Å². The third kappa shape index (κ3) is 5.53. The molecule has 1 amide bonds. The topological polar surface area (TPSA) is 92.1 Å². The molecule has 0 bridgehead atoms. The van der Waals surface area contributed by atoms with Gasteiger partial charge in [-0.05, 0) is 36.0 Å². The molecule has 0 radical (unpaired) electrons. The summed E-state index contributed by atoms with van der Waals surface area (Å²) in [5.41, 5.74) is 0.573. The van der Waals surface area contributed by atoms with E-state index in [1.165, 1.54) is 18.3 Å². The normalized spacial score (nSPS) is 10.2. The highest BCUT2D eigenvalue weighted by atomic mass is 32.2. The summed E-state index contributed by atoms with van der Waals surface area (Å²) in [4.78, 5) is 27.6. The van der Waals surface area contributed by atoms with Gasteiger partial charge in [-0.1, -0.05) is 12.1 Å². The Balaban J connectivity index is 1.89. The average molecular weight is 377 g/mol. The smallest absolute Gasteiger partial charge is 0.340 e. The monoisotopic (exact) mass is 377 g/mol. The van der Waals surface area contributed by atoms with Crippen molar-refractivity contribution in [1.82, 2.24) is 4.98 Å². The van der Waals surface area contributed by atoms with E-state index in [0.717, 1.165) is 0 Å². The molecular formula is C17H13F2N3O3S. The van der Waals surface area contributed by atoms with E-state index in [1.807, 2.05) is 6.07 Å².